The van der Waals surface area contributed by atoms with Gasteiger partial charge in [-0.05, 0) is 6.42 Å². The number of carboxylic acids is 2. The minimum Gasteiger partial charge on any atom is -0.481 e. The molecule has 0 radical (unpaired) electrons. The molecule has 0 aromatic heterocycles. The number of carbonyl (C=O) groups is 4. The quantitative estimate of drug-likeness (QED) is 0.601. The number of esters is 2. The summed E-state index contributed by atoms with van der Waals surface area (Å²) < 4.78 is 9.00. The highest BCUT2D eigenvalue weighted by Gasteiger charge is 2.47. The maximum atomic E-state index is 11.4. The van der Waals surface area contributed by atoms with Gasteiger partial charge < -0.3 is 19.7 Å². The van der Waals surface area contributed by atoms with E-state index in [4.69, 9.17) is 14.9 Å². The van der Waals surface area contributed by atoms with Crippen LogP contribution in [0.25, 0.3) is 0 Å². The van der Waals surface area contributed by atoms with Crippen molar-refractivity contribution in [1.82, 2.24) is 0 Å². The Morgan fingerprint density at radius 1 is 1.05 bits per heavy atom. The molecule has 0 aliphatic heterocycles. The van der Waals surface area contributed by atoms with E-state index in [1.54, 1.807) is 6.92 Å². The van der Waals surface area contributed by atoms with Crippen LogP contribution in [-0.2, 0) is 28.7 Å². The zero-order chi connectivity index (χ0) is 15.1. The van der Waals surface area contributed by atoms with Gasteiger partial charge in [0.2, 0.25) is 5.60 Å². The summed E-state index contributed by atoms with van der Waals surface area (Å²) >= 11 is 0. The molecule has 108 valence electrons. The lowest BCUT2D eigenvalue weighted by atomic mass is 9.95. The lowest BCUT2D eigenvalue weighted by Crippen LogP contribution is -2.47. The van der Waals surface area contributed by atoms with Crippen molar-refractivity contribution in [3.8, 4) is 0 Å². The van der Waals surface area contributed by atoms with Crippen LogP contribution in [0.1, 0.15) is 32.6 Å². The van der Waals surface area contributed by atoms with Gasteiger partial charge in [0.1, 0.15) is 0 Å². The van der Waals surface area contributed by atoms with E-state index >= 15 is 0 Å². The van der Waals surface area contributed by atoms with Gasteiger partial charge in [0.15, 0.2) is 0 Å². The first kappa shape index (κ1) is 16.9. The second-order valence-corrected chi connectivity index (χ2v) is 3.85. The van der Waals surface area contributed by atoms with Gasteiger partial charge in [0.25, 0.3) is 0 Å². The summed E-state index contributed by atoms with van der Waals surface area (Å²) in [5, 5.41) is 17.8. The molecule has 8 heteroatoms. The first-order valence-electron chi connectivity index (χ1n) is 5.51. The van der Waals surface area contributed by atoms with Crippen LogP contribution in [0, 0.1) is 0 Å². The van der Waals surface area contributed by atoms with Crippen LogP contribution in [0.5, 0.6) is 0 Å². The van der Waals surface area contributed by atoms with Crippen molar-refractivity contribution in [2.24, 2.45) is 0 Å². The minimum atomic E-state index is -2.44. The molecule has 19 heavy (non-hydrogen) atoms. The highest BCUT2D eigenvalue weighted by Crippen LogP contribution is 2.23. The Morgan fingerprint density at radius 3 is 2.00 bits per heavy atom. The van der Waals surface area contributed by atoms with Gasteiger partial charge in [0.05, 0.1) is 20.0 Å². The number of carbonyl (C=O) groups excluding carboxylic acids is 2. The molecule has 8 nitrogen and oxygen atoms in total. The maximum absolute atomic E-state index is 11.4. The highest BCUT2D eigenvalue weighted by atomic mass is 16.6. The van der Waals surface area contributed by atoms with Crippen LogP contribution in [0.2, 0.25) is 0 Å². The summed E-state index contributed by atoms with van der Waals surface area (Å²) in [5.41, 5.74) is -2.44. The number of methoxy groups -OCH3 is 1. The lowest BCUT2D eigenvalue weighted by molar-refractivity contribution is -0.186. The highest BCUT2D eigenvalue weighted by molar-refractivity contribution is 5.91. The van der Waals surface area contributed by atoms with Gasteiger partial charge >= 0.3 is 23.9 Å². The Bertz CT molecular complexity index is 375. The Labute approximate surface area is 109 Å². The molecule has 1 unspecified atom stereocenters. The van der Waals surface area contributed by atoms with E-state index in [0.717, 1.165) is 7.11 Å². The third-order valence-electron chi connectivity index (χ3n) is 2.25. The van der Waals surface area contributed by atoms with Crippen LogP contribution in [-0.4, -0.2) is 46.8 Å². The minimum absolute atomic E-state index is 0.0736. The summed E-state index contributed by atoms with van der Waals surface area (Å²) in [6.07, 6.45) is -1.55. The molecule has 0 amide bonds. The van der Waals surface area contributed by atoms with E-state index in [0.29, 0.717) is 6.42 Å². The molecule has 0 rings (SSSR count). The first-order chi connectivity index (χ1) is 8.77. The molecule has 0 aromatic carbocycles. The number of carboxylic acid groups (broad SMARTS) is 2. The summed E-state index contributed by atoms with van der Waals surface area (Å²) in [6.45, 7) is 1.67. The largest absolute Gasteiger partial charge is 0.481 e. The first-order valence-corrected chi connectivity index (χ1v) is 5.51. The molecular weight excluding hydrogens is 260 g/mol. The van der Waals surface area contributed by atoms with Crippen molar-refractivity contribution in [3.05, 3.63) is 0 Å². The number of aliphatic carboxylic acids is 2. The summed E-state index contributed by atoms with van der Waals surface area (Å²) in [5.74, 6) is -5.07. The van der Waals surface area contributed by atoms with Crippen LogP contribution >= 0.6 is 0 Å². The van der Waals surface area contributed by atoms with Crippen LogP contribution < -0.4 is 0 Å². The molecule has 0 aliphatic carbocycles. The second-order valence-electron chi connectivity index (χ2n) is 3.85. The van der Waals surface area contributed by atoms with E-state index in [-0.39, 0.29) is 6.42 Å². The van der Waals surface area contributed by atoms with Gasteiger partial charge in [-0.1, -0.05) is 6.92 Å². The van der Waals surface area contributed by atoms with Crippen LogP contribution in [0.15, 0.2) is 0 Å². The predicted octanol–water partition coefficient (Wildman–Crippen LogP) is 0.191. The topological polar surface area (TPSA) is 127 Å². The van der Waals surface area contributed by atoms with E-state index in [2.05, 4.69) is 4.74 Å². The van der Waals surface area contributed by atoms with E-state index in [1.165, 1.54) is 0 Å². The van der Waals surface area contributed by atoms with E-state index in [9.17, 15) is 19.2 Å². The third-order valence-corrected chi connectivity index (χ3v) is 2.25. The fourth-order valence-corrected chi connectivity index (χ4v) is 1.35. The summed E-state index contributed by atoms with van der Waals surface area (Å²) in [4.78, 5) is 44.5. The van der Waals surface area contributed by atoms with Gasteiger partial charge in [-0.25, -0.2) is 4.79 Å². The fourth-order valence-electron chi connectivity index (χ4n) is 1.35. The van der Waals surface area contributed by atoms with Crippen molar-refractivity contribution in [3.63, 3.8) is 0 Å². The Hall–Kier alpha value is -2.12. The van der Waals surface area contributed by atoms with E-state index < -0.39 is 42.3 Å². The number of rotatable bonds is 8. The zero-order valence-electron chi connectivity index (χ0n) is 10.7. The Morgan fingerprint density at radius 2 is 1.63 bits per heavy atom. The van der Waals surface area contributed by atoms with Gasteiger partial charge in [-0.3, -0.25) is 14.4 Å². The van der Waals surface area contributed by atoms with Crippen LogP contribution in [0.3, 0.4) is 0 Å². The van der Waals surface area contributed by atoms with Crippen LogP contribution in [0.4, 0.5) is 0 Å². The van der Waals surface area contributed by atoms with Crippen molar-refractivity contribution in [2.75, 3.05) is 7.11 Å². The zero-order valence-corrected chi connectivity index (χ0v) is 10.7. The van der Waals surface area contributed by atoms with Gasteiger partial charge in [-0.2, -0.15) is 0 Å². The summed E-state index contributed by atoms with van der Waals surface area (Å²) in [7, 11) is 1.02. The van der Waals surface area contributed by atoms with E-state index in [1.807, 2.05) is 0 Å². The normalized spacial score (nSPS) is 13.2. The second kappa shape index (κ2) is 7.34. The third kappa shape index (κ3) is 5.36. The smallest absolute Gasteiger partial charge is 0.349 e. The molecular formula is C11H16O8. The Kier molecular flexibility index (Phi) is 6.53. The van der Waals surface area contributed by atoms with Crippen molar-refractivity contribution in [2.45, 2.75) is 38.2 Å². The molecule has 0 spiro atoms. The monoisotopic (exact) mass is 276 g/mol. The average molecular weight is 276 g/mol. The molecule has 2 N–H and O–H groups in total. The average Bonchev–Trinajstić information content (AvgIpc) is 2.27. The number of hydrogen-bond donors (Lipinski definition) is 2. The van der Waals surface area contributed by atoms with Gasteiger partial charge in [-0.15, -0.1) is 0 Å². The molecule has 0 fully saturated rings. The molecule has 0 bridgehead atoms. The fraction of sp³-hybridized carbons (Fsp3) is 0.636. The maximum Gasteiger partial charge on any atom is 0.349 e. The number of hydrogen-bond acceptors (Lipinski definition) is 6. The lowest BCUT2D eigenvalue weighted by Gasteiger charge is -2.26. The standard InChI is InChI=1S/C11H16O8/c1-3-4-8(14)19-11(10(16)17,5-7(12)13)6-9(15)18-2/h3-6H2,1-2H3,(H,12,13)(H,16,17). The molecule has 0 heterocycles. The molecule has 0 saturated carbocycles. The molecule has 0 saturated heterocycles. The molecule has 0 aliphatic rings. The Balaban J connectivity index is 5.24. The number of ether oxygens (including phenoxy) is 2. The van der Waals surface area contributed by atoms with Gasteiger partial charge in [0, 0.05) is 6.42 Å². The SMILES string of the molecule is CCCC(=O)OC(CC(=O)O)(CC(=O)OC)C(=O)O. The van der Waals surface area contributed by atoms with Crippen molar-refractivity contribution < 1.29 is 38.9 Å². The van der Waals surface area contributed by atoms with Crippen molar-refractivity contribution in [1.29, 1.82) is 0 Å². The predicted molar refractivity (Wildman–Crippen MR) is 60.3 cm³/mol. The molecule has 1 atom stereocenters. The summed E-state index contributed by atoms with van der Waals surface area (Å²) in [6, 6.07) is 0. The van der Waals surface area contributed by atoms with Crippen molar-refractivity contribution >= 4 is 23.9 Å². The molecule has 0 aromatic rings.